The van der Waals surface area contributed by atoms with Crippen LogP contribution in [0.15, 0.2) is 18.5 Å². The second kappa shape index (κ2) is 7.73. The molecule has 0 aromatic carbocycles. The highest BCUT2D eigenvalue weighted by atomic mass is 35.5. The quantitative estimate of drug-likeness (QED) is 0.686. The molecular weight excluding hydrogens is 284 g/mol. The highest BCUT2D eigenvalue weighted by Crippen LogP contribution is 2.08. The van der Waals surface area contributed by atoms with Crippen molar-refractivity contribution in [3.05, 3.63) is 23.7 Å². The zero-order valence-electron chi connectivity index (χ0n) is 10.7. The average Bonchev–Trinajstić information content (AvgIpc) is 2.96. The van der Waals surface area contributed by atoms with Crippen LogP contribution in [0.25, 0.3) is 5.95 Å². The SMILES string of the molecule is OCCOCCCNc1nc(Cl)nc(-n2cccn2)n1. The number of hydrogen-bond donors (Lipinski definition) is 2. The third-order valence-corrected chi connectivity index (χ3v) is 2.46. The molecule has 0 aliphatic rings. The Hall–Kier alpha value is -1.77. The molecule has 8 nitrogen and oxygen atoms in total. The van der Waals surface area contributed by atoms with E-state index < -0.39 is 0 Å². The van der Waals surface area contributed by atoms with Crippen molar-refractivity contribution in [2.75, 3.05) is 31.7 Å². The van der Waals surface area contributed by atoms with Crippen molar-refractivity contribution in [1.29, 1.82) is 0 Å². The predicted octanol–water partition coefficient (Wildman–Crippen LogP) is 0.522. The van der Waals surface area contributed by atoms with Crippen LogP contribution in [-0.2, 0) is 4.74 Å². The Bertz CT molecular complexity index is 522. The third kappa shape index (κ3) is 4.41. The van der Waals surface area contributed by atoms with Gasteiger partial charge in [0.1, 0.15) is 0 Å². The molecule has 2 rings (SSSR count). The monoisotopic (exact) mass is 298 g/mol. The first-order valence-electron chi connectivity index (χ1n) is 6.13. The van der Waals surface area contributed by atoms with Gasteiger partial charge in [-0.05, 0) is 24.1 Å². The minimum atomic E-state index is 0.0315. The van der Waals surface area contributed by atoms with Crippen LogP contribution in [-0.4, -0.2) is 56.2 Å². The molecular formula is C11H15ClN6O2. The number of anilines is 1. The van der Waals surface area contributed by atoms with Gasteiger partial charge in [0.15, 0.2) is 0 Å². The number of hydrogen-bond acceptors (Lipinski definition) is 7. The summed E-state index contributed by atoms with van der Waals surface area (Å²) in [7, 11) is 0. The van der Waals surface area contributed by atoms with E-state index in [2.05, 4.69) is 25.4 Å². The summed E-state index contributed by atoms with van der Waals surface area (Å²) in [6.45, 7) is 1.56. The summed E-state index contributed by atoms with van der Waals surface area (Å²) in [5.74, 6) is 0.742. The van der Waals surface area contributed by atoms with Gasteiger partial charge in [-0.3, -0.25) is 0 Å². The van der Waals surface area contributed by atoms with Gasteiger partial charge in [-0.1, -0.05) is 0 Å². The lowest BCUT2D eigenvalue weighted by Gasteiger charge is -2.07. The molecule has 2 N–H and O–H groups in total. The summed E-state index contributed by atoms with van der Waals surface area (Å²) in [5, 5.41) is 15.7. The highest BCUT2D eigenvalue weighted by molar-refractivity contribution is 6.28. The standard InChI is InChI=1S/C11H15ClN6O2/c12-9-15-10(13-3-2-7-20-8-6-19)17-11(16-9)18-5-1-4-14-18/h1,4-5,19H,2-3,6-8H2,(H,13,15,16,17). The van der Waals surface area contributed by atoms with Gasteiger partial charge >= 0.3 is 0 Å². The van der Waals surface area contributed by atoms with Crippen LogP contribution in [0.5, 0.6) is 0 Å². The van der Waals surface area contributed by atoms with Crippen molar-refractivity contribution in [3.63, 3.8) is 0 Å². The molecule has 0 radical (unpaired) electrons. The molecule has 0 saturated heterocycles. The lowest BCUT2D eigenvalue weighted by Crippen LogP contribution is -2.12. The summed E-state index contributed by atoms with van der Waals surface area (Å²) in [6.07, 6.45) is 4.11. The molecule has 0 atom stereocenters. The number of halogens is 1. The van der Waals surface area contributed by atoms with Crippen molar-refractivity contribution in [1.82, 2.24) is 24.7 Å². The summed E-state index contributed by atoms with van der Waals surface area (Å²) in [5.41, 5.74) is 0. The minimum absolute atomic E-state index is 0.0315. The Morgan fingerprint density at radius 3 is 2.95 bits per heavy atom. The molecule has 0 aliphatic heterocycles. The van der Waals surface area contributed by atoms with Gasteiger partial charge in [0.05, 0.1) is 13.2 Å². The number of aliphatic hydroxyl groups is 1. The lowest BCUT2D eigenvalue weighted by atomic mass is 10.4. The van der Waals surface area contributed by atoms with Crippen LogP contribution in [0, 0.1) is 0 Å². The van der Waals surface area contributed by atoms with Crippen molar-refractivity contribution < 1.29 is 9.84 Å². The Balaban J connectivity index is 1.88. The van der Waals surface area contributed by atoms with Gasteiger partial charge in [0, 0.05) is 25.5 Å². The van der Waals surface area contributed by atoms with E-state index in [1.165, 1.54) is 4.68 Å². The number of rotatable bonds is 8. The van der Waals surface area contributed by atoms with Gasteiger partial charge in [-0.2, -0.15) is 20.1 Å². The molecule has 20 heavy (non-hydrogen) atoms. The number of aliphatic hydroxyl groups excluding tert-OH is 1. The number of ether oxygens (including phenoxy) is 1. The second-order valence-corrected chi connectivity index (χ2v) is 4.13. The van der Waals surface area contributed by atoms with Crippen LogP contribution in [0.3, 0.4) is 0 Å². The molecule has 9 heteroatoms. The van der Waals surface area contributed by atoms with Crippen molar-refractivity contribution in [2.24, 2.45) is 0 Å². The van der Waals surface area contributed by atoms with E-state index in [-0.39, 0.29) is 11.9 Å². The normalized spacial score (nSPS) is 10.7. The number of nitrogens with one attached hydrogen (secondary N) is 1. The zero-order chi connectivity index (χ0) is 14.2. The van der Waals surface area contributed by atoms with Crippen LogP contribution < -0.4 is 5.32 Å². The van der Waals surface area contributed by atoms with Gasteiger partial charge in [0.25, 0.3) is 5.95 Å². The Morgan fingerprint density at radius 2 is 2.20 bits per heavy atom. The maximum absolute atomic E-state index is 8.56. The van der Waals surface area contributed by atoms with Crippen LogP contribution in [0.1, 0.15) is 6.42 Å². The smallest absolute Gasteiger partial charge is 0.256 e. The molecule has 2 aromatic rings. The first-order chi connectivity index (χ1) is 9.79. The van der Waals surface area contributed by atoms with Crippen LogP contribution in [0.4, 0.5) is 5.95 Å². The number of aromatic nitrogens is 5. The van der Waals surface area contributed by atoms with Gasteiger partial charge in [-0.15, -0.1) is 0 Å². The fourth-order valence-electron chi connectivity index (χ4n) is 1.45. The largest absolute Gasteiger partial charge is 0.394 e. The fraction of sp³-hybridized carbons (Fsp3) is 0.455. The minimum Gasteiger partial charge on any atom is -0.394 e. The van der Waals surface area contributed by atoms with E-state index in [0.29, 0.717) is 31.7 Å². The van der Waals surface area contributed by atoms with E-state index in [9.17, 15) is 0 Å². The zero-order valence-corrected chi connectivity index (χ0v) is 11.5. The van der Waals surface area contributed by atoms with E-state index in [0.717, 1.165) is 6.42 Å². The Labute approximate surface area is 120 Å². The first-order valence-corrected chi connectivity index (χ1v) is 6.51. The fourth-order valence-corrected chi connectivity index (χ4v) is 1.60. The van der Waals surface area contributed by atoms with Gasteiger partial charge < -0.3 is 15.2 Å². The summed E-state index contributed by atoms with van der Waals surface area (Å²) in [6, 6.07) is 1.77. The third-order valence-electron chi connectivity index (χ3n) is 2.29. The summed E-state index contributed by atoms with van der Waals surface area (Å²) < 4.78 is 6.65. The lowest BCUT2D eigenvalue weighted by molar-refractivity contribution is 0.0921. The maximum Gasteiger partial charge on any atom is 0.256 e. The second-order valence-electron chi connectivity index (χ2n) is 3.79. The molecule has 0 unspecified atom stereocenters. The summed E-state index contributed by atoms with van der Waals surface area (Å²) >= 11 is 5.85. The van der Waals surface area contributed by atoms with Crippen molar-refractivity contribution in [2.45, 2.75) is 6.42 Å². The maximum atomic E-state index is 8.56. The highest BCUT2D eigenvalue weighted by Gasteiger charge is 2.06. The van der Waals surface area contributed by atoms with E-state index >= 15 is 0 Å². The first kappa shape index (κ1) is 14.6. The van der Waals surface area contributed by atoms with Gasteiger partial charge in [-0.25, -0.2) is 4.68 Å². The Kier molecular flexibility index (Phi) is 5.66. The van der Waals surface area contributed by atoms with Gasteiger partial charge in [0.2, 0.25) is 11.2 Å². The molecule has 0 fully saturated rings. The molecule has 0 aliphatic carbocycles. The number of nitrogens with zero attached hydrogens (tertiary/aromatic N) is 5. The molecule has 0 saturated carbocycles. The average molecular weight is 299 g/mol. The van der Waals surface area contributed by atoms with E-state index in [1.807, 2.05) is 0 Å². The Morgan fingerprint density at radius 1 is 1.30 bits per heavy atom. The molecule has 2 heterocycles. The summed E-state index contributed by atoms with van der Waals surface area (Å²) in [4.78, 5) is 12.2. The predicted molar refractivity (Wildman–Crippen MR) is 73.0 cm³/mol. The molecule has 2 aromatic heterocycles. The van der Waals surface area contributed by atoms with E-state index in [1.54, 1.807) is 18.5 Å². The van der Waals surface area contributed by atoms with Crippen LogP contribution >= 0.6 is 11.6 Å². The van der Waals surface area contributed by atoms with Crippen molar-refractivity contribution in [3.8, 4) is 5.95 Å². The molecule has 108 valence electrons. The van der Waals surface area contributed by atoms with Crippen LogP contribution in [0.2, 0.25) is 5.28 Å². The van der Waals surface area contributed by atoms with Crippen molar-refractivity contribution >= 4 is 17.5 Å². The topological polar surface area (TPSA) is 98.0 Å². The molecule has 0 spiro atoms. The van der Waals surface area contributed by atoms with E-state index in [4.69, 9.17) is 21.4 Å². The molecule has 0 amide bonds. The molecule has 0 bridgehead atoms.